The van der Waals surface area contributed by atoms with Crippen LogP contribution in [0.25, 0.3) is 0 Å². The second kappa shape index (κ2) is 10.4. The summed E-state index contributed by atoms with van der Waals surface area (Å²) in [4.78, 5) is 29.3. The van der Waals surface area contributed by atoms with Crippen molar-refractivity contribution in [2.45, 2.75) is 63.8 Å². The van der Waals surface area contributed by atoms with Gasteiger partial charge in [-0.2, -0.15) is 0 Å². The van der Waals surface area contributed by atoms with Crippen LogP contribution in [-0.4, -0.2) is 74.1 Å². The van der Waals surface area contributed by atoms with Crippen molar-refractivity contribution in [3.05, 3.63) is 0 Å². The van der Waals surface area contributed by atoms with E-state index in [0.29, 0.717) is 24.8 Å². The van der Waals surface area contributed by atoms with Gasteiger partial charge in [-0.1, -0.05) is 19.3 Å². The first kappa shape index (κ1) is 20.6. The van der Waals surface area contributed by atoms with Crippen LogP contribution in [-0.2, 0) is 14.3 Å². The molecule has 0 spiro atoms. The lowest BCUT2D eigenvalue weighted by molar-refractivity contribution is -0.138. The van der Waals surface area contributed by atoms with Gasteiger partial charge >= 0.3 is 0 Å². The molecule has 3 aliphatic rings. The number of piperazine rings is 1. The first-order valence-corrected chi connectivity index (χ1v) is 11.0. The van der Waals surface area contributed by atoms with Gasteiger partial charge in [0.2, 0.25) is 11.8 Å². The molecule has 3 rings (SSSR count). The maximum Gasteiger partial charge on any atom is 0.237 e. The van der Waals surface area contributed by atoms with E-state index in [2.05, 4.69) is 10.2 Å². The predicted octanol–water partition coefficient (Wildman–Crippen LogP) is 2.03. The molecule has 2 amide bonds. The van der Waals surface area contributed by atoms with Gasteiger partial charge in [0.15, 0.2) is 0 Å². The lowest BCUT2D eigenvalue weighted by Crippen LogP contribution is -2.57. The Morgan fingerprint density at radius 2 is 1.89 bits per heavy atom. The minimum Gasteiger partial charge on any atom is -0.381 e. The molecular formula is C21H37N3O3. The summed E-state index contributed by atoms with van der Waals surface area (Å²) in [6, 6.07) is -0.293. The second-order valence-electron chi connectivity index (χ2n) is 8.67. The fourth-order valence-corrected chi connectivity index (χ4v) is 4.76. The summed E-state index contributed by atoms with van der Waals surface area (Å²) in [5.74, 6) is 1.48. The zero-order chi connectivity index (χ0) is 19.1. The molecule has 0 radical (unpaired) electrons. The number of nitrogens with zero attached hydrogens (tertiary/aromatic N) is 2. The average molecular weight is 380 g/mol. The van der Waals surface area contributed by atoms with E-state index in [4.69, 9.17) is 4.74 Å². The minimum atomic E-state index is -0.293. The molecule has 154 valence electrons. The van der Waals surface area contributed by atoms with Crippen molar-refractivity contribution in [3.63, 3.8) is 0 Å². The molecule has 6 heteroatoms. The SMILES string of the molecule is CN(CCC1CCOCC1)C(=O)C[C@@H]1C(=O)NCCN1CC1CCCCC1. The van der Waals surface area contributed by atoms with Gasteiger partial charge in [0.1, 0.15) is 0 Å². The van der Waals surface area contributed by atoms with Gasteiger partial charge in [-0.15, -0.1) is 0 Å². The van der Waals surface area contributed by atoms with E-state index in [-0.39, 0.29) is 17.9 Å². The molecule has 0 unspecified atom stereocenters. The summed E-state index contributed by atoms with van der Waals surface area (Å²) in [6.07, 6.45) is 10.0. The number of ether oxygens (including phenoxy) is 1. The maximum absolute atomic E-state index is 12.8. The number of hydrogen-bond acceptors (Lipinski definition) is 4. The van der Waals surface area contributed by atoms with Gasteiger partial charge in [-0.25, -0.2) is 0 Å². The van der Waals surface area contributed by atoms with Crippen LogP contribution in [0.15, 0.2) is 0 Å². The van der Waals surface area contributed by atoms with E-state index in [1.807, 2.05) is 11.9 Å². The highest BCUT2D eigenvalue weighted by Gasteiger charge is 2.33. The predicted molar refractivity (Wildman–Crippen MR) is 105 cm³/mol. The second-order valence-corrected chi connectivity index (χ2v) is 8.67. The molecule has 6 nitrogen and oxygen atoms in total. The monoisotopic (exact) mass is 379 g/mol. The number of carbonyl (C=O) groups is 2. The average Bonchev–Trinajstić information content (AvgIpc) is 2.70. The van der Waals surface area contributed by atoms with Gasteiger partial charge in [0, 0.05) is 46.4 Å². The van der Waals surface area contributed by atoms with E-state index in [1.165, 1.54) is 32.1 Å². The molecule has 1 atom stereocenters. The van der Waals surface area contributed by atoms with E-state index >= 15 is 0 Å². The number of nitrogens with one attached hydrogen (secondary N) is 1. The van der Waals surface area contributed by atoms with Crippen LogP contribution in [0.2, 0.25) is 0 Å². The van der Waals surface area contributed by atoms with Gasteiger partial charge < -0.3 is 15.0 Å². The molecule has 27 heavy (non-hydrogen) atoms. The Labute approximate surface area is 164 Å². The Bertz CT molecular complexity index is 487. The molecule has 0 aromatic rings. The van der Waals surface area contributed by atoms with E-state index in [0.717, 1.165) is 52.1 Å². The highest BCUT2D eigenvalue weighted by molar-refractivity contribution is 5.88. The standard InChI is InChI=1S/C21H37N3O3/c1-23(11-7-17-8-13-27-14-9-17)20(25)15-19-21(26)22-10-12-24(19)16-18-5-3-2-4-6-18/h17-19H,2-16H2,1H3,(H,22,26)/t19-/m1/s1. The first-order chi connectivity index (χ1) is 13.1. The van der Waals surface area contributed by atoms with Crippen molar-refractivity contribution in [2.75, 3.05) is 46.4 Å². The van der Waals surface area contributed by atoms with Crippen molar-refractivity contribution in [3.8, 4) is 0 Å². The summed E-state index contributed by atoms with van der Waals surface area (Å²) in [5.41, 5.74) is 0. The van der Waals surface area contributed by atoms with Crippen LogP contribution < -0.4 is 5.32 Å². The van der Waals surface area contributed by atoms with Crippen LogP contribution in [0.3, 0.4) is 0 Å². The summed E-state index contributed by atoms with van der Waals surface area (Å²) < 4.78 is 5.41. The highest BCUT2D eigenvalue weighted by atomic mass is 16.5. The quantitative estimate of drug-likeness (QED) is 0.735. The van der Waals surface area contributed by atoms with Crippen LogP contribution in [0, 0.1) is 11.8 Å². The summed E-state index contributed by atoms with van der Waals surface area (Å²) >= 11 is 0. The summed E-state index contributed by atoms with van der Waals surface area (Å²) in [7, 11) is 1.88. The zero-order valence-corrected chi connectivity index (χ0v) is 17.0. The topological polar surface area (TPSA) is 61.9 Å². The largest absolute Gasteiger partial charge is 0.381 e. The molecule has 2 aliphatic heterocycles. The Morgan fingerprint density at radius 3 is 2.63 bits per heavy atom. The van der Waals surface area contributed by atoms with Gasteiger partial charge in [0.05, 0.1) is 12.5 Å². The Balaban J connectivity index is 1.48. The minimum absolute atomic E-state index is 0.0308. The lowest BCUT2D eigenvalue weighted by atomic mass is 9.88. The molecular weight excluding hydrogens is 342 g/mol. The van der Waals surface area contributed by atoms with Crippen molar-refractivity contribution in [1.82, 2.24) is 15.1 Å². The maximum atomic E-state index is 12.8. The molecule has 2 heterocycles. The van der Waals surface area contributed by atoms with Crippen LogP contribution in [0.4, 0.5) is 0 Å². The first-order valence-electron chi connectivity index (χ1n) is 11.0. The third-order valence-corrected chi connectivity index (χ3v) is 6.67. The smallest absolute Gasteiger partial charge is 0.237 e. The molecule has 0 aromatic carbocycles. The van der Waals surface area contributed by atoms with Crippen LogP contribution in [0.1, 0.15) is 57.8 Å². The molecule has 0 aromatic heterocycles. The van der Waals surface area contributed by atoms with Gasteiger partial charge in [-0.3, -0.25) is 14.5 Å². The molecule has 0 bridgehead atoms. The molecule has 1 aliphatic carbocycles. The number of amides is 2. The number of rotatable bonds is 7. The molecule has 2 saturated heterocycles. The fraction of sp³-hybridized carbons (Fsp3) is 0.905. The van der Waals surface area contributed by atoms with Crippen molar-refractivity contribution in [1.29, 1.82) is 0 Å². The Morgan fingerprint density at radius 1 is 1.15 bits per heavy atom. The van der Waals surface area contributed by atoms with Crippen LogP contribution >= 0.6 is 0 Å². The third kappa shape index (κ3) is 6.18. The molecule has 3 fully saturated rings. The highest BCUT2D eigenvalue weighted by Crippen LogP contribution is 2.26. The lowest BCUT2D eigenvalue weighted by Gasteiger charge is -2.38. The molecule has 1 saturated carbocycles. The Kier molecular flexibility index (Phi) is 7.94. The van der Waals surface area contributed by atoms with E-state index in [1.54, 1.807) is 0 Å². The zero-order valence-electron chi connectivity index (χ0n) is 17.0. The van der Waals surface area contributed by atoms with Crippen molar-refractivity contribution < 1.29 is 14.3 Å². The van der Waals surface area contributed by atoms with Crippen molar-refractivity contribution >= 4 is 11.8 Å². The molecule has 1 N–H and O–H groups in total. The fourth-order valence-electron chi connectivity index (χ4n) is 4.76. The van der Waals surface area contributed by atoms with E-state index in [9.17, 15) is 9.59 Å². The number of carbonyl (C=O) groups excluding carboxylic acids is 2. The summed E-state index contributed by atoms with van der Waals surface area (Å²) in [5, 5.41) is 2.96. The normalized spacial score (nSPS) is 26.0. The van der Waals surface area contributed by atoms with Crippen molar-refractivity contribution in [2.24, 2.45) is 11.8 Å². The van der Waals surface area contributed by atoms with Crippen LogP contribution in [0.5, 0.6) is 0 Å². The summed E-state index contributed by atoms with van der Waals surface area (Å²) in [6.45, 7) is 5.01. The van der Waals surface area contributed by atoms with Gasteiger partial charge in [0.25, 0.3) is 0 Å². The van der Waals surface area contributed by atoms with E-state index < -0.39 is 0 Å². The third-order valence-electron chi connectivity index (χ3n) is 6.67. The van der Waals surface area contributed by atoms with Gasteiger partial charge in [-0.05, 0) is 43.9 Å². The Hall–Kier alpha value is -1.14. The number of hydrogen-bond donors (Lipinski definition) is 1.